The first-order valence-corrected chi connectivity index (χ1v) is 6.08. The van der Waals surface area contributed by atoms with Gasteiger partial charge in [0.05, 0.1) is 11.0 Å². The fourth-order valence-corrected chi connectivity index (χ4v) is 2.61. The molecule has 19 heavy (non-hydrogen) atoms. The number of carbonyl (C=O) groups is 1. The van der Waals surface area contributed by atoms with Crippen LogP contribution < -0.4 is 0 Å². The number of pyridine rings is 1. The molecule has 2 aromatic heterocycles. The molecule has 3 aromatic rings. The zero-order chi connectivity index (χ0) is 13.4. The number of benzene rings is 1. The van der Waals surface area contributed by atoms with Gasteiger partial charge in [-0.05, 0) is 18.6 Å². The van der Waals surface area contributed by atoms with Crippen molar-refractivity contribution in [3.8, 4) is 0 Å². The minimum absolute atomic E-state index is 0.399. The number of fused-ring (bicyclic) bond motifs is 3. The molecule has 0 aliphatic carbocycles. The molecule has 0 saturated heterocycles. The molecule has 0 unspecified atom stereocenters. The Bertz CT molecular complexity index is 775. The Morgan fingerprint density at radius 1 is 1.37 bits per heavy atom. The summed E-state index contributed by atoms with van der Waals surface area (Å²) < 4.78 is 7.26. The quantitative estimate of drug-likeness (QED) is 0.675. The van der Waals surface area contributed by atoms with Gasteiger partial charge in [0, 0.05) is 24.1 Å². The van der Waals surface area contributed by atoms with E-state index >= 15 is 0 Å². The summed E-state index contributed by atoms with van der Waals surface area (Å²) in [5.41, 5.74) is 3.41. The van der Waals surface area contributed by atoms with E-state index in [2.05, 4.69) is 11.1 Å². The number of hydrogen-bond acceptors (Lipinski definition) is 3. The van der Waals surface area contributed by atoms with Gasteiger partial charge in [0.25, 0.3) is 0 Å². The first-order chi connectivity index (χ1) is 9.27. The first kappa shape index (κ1) is 11.9. The van der Waals surface area contributed by atoms with E-state index in [0.29, 0.717) is 12.4 Å². The van der Waals surface area contributed by atoms with E-state index in [4.69, 9.17) is 4.74 Å². The van der Waals surface area contributed by atoms with E-state index in [0.717, 1.165) is 33.7 Å². The highest BCUT2D eigenvalue weighted by molar-refractivity contribution is 6.13. The number of aromatic nitrogens is 2. The van der Waals surface area contributed by atoms with Gasteiger partial charge >= 0.3 is 0 Å². The Morgan fingerprint density at radius 2 is 2.16 bits per heavy atom. The standard InChI is InChI=1S/C15H14N2O2/c1-10-7-16-12(8-18)15-14(10)11-5-3-4-6-13(11)17(15)9-19-2/h3-8H,9H2,1-2H3. The summed E-state index contributed by atoms with van der Waals surface area (Å²) in [5, 5.41) is 2.20. The predicted molar refractivity (Wildman–Crippen MR) is 74.4 cm³/mol. The first-order valence-electron chi connectivity index (χ1n) is 6.08. The van der Waals surface area contributed by atoms with Crippen LogP contribution in [0.5, 0.6) is 0 Å². The Labute approximate surface area is 110 Å². The lowest BCUT2D eigenvalue weighted by molar-refractivity contribution is 0.111. The van der Waals surface area contributed by atoms with E-state index in [-0.39, 0.29) is 0 Å². The van der Waals surface area contributed by atoms with Crippen molar-refractivity contribution in [3.63, 3.8) is 0 Å². The number of hydrogen-bond donors (Lipinski definition) is 0. The Hall–Kier alpha value is -2.20. The van der Waals surface area contributed by atoms with Crippen molar-refractivity contribution in [3.05, 3.63) is 41.7 Å². The van der Waals surface area contributed by atoms with Crippen molar-refractivity contribution in [1.82, 2.24) is 9.55 Å². The summed E-state index contributed by atoms with van der Waals surface area (Å²) in [7, 11) is 1.64. The van der Waals surface area contributed by atoms with E-state index in [9.17, 15) is 4.79 Å². The lowest BCUT2D eigenvalue weighted by Gasteiger charge is -2.06. The molecular formula is C15H14N2O2. The van der Waals surface area contributed by atoms with Gasteiger partial charge in [-0.2, -0.15) is 0 Å². The van der Waals surface area contributed by atoms with Crippen LogP contribution in [0.25, 0.3) is 21.8 Å². The van der Waals surface area contributed by atoms with Crippen LogP contribution in [-0.2, 0) is 11.5 Å². The fraction of sp³-hybridized carbons (Fsp3) is 0.200. The average molecular weight is 254 g/mol. The molecule has 0 saturated carbocycles. The zero-order valence-electron chi connectivity index (χ0n) is 10.9. The van der Waals surface area contributed by atoms with Crippen molar-refractivity contribution < 1.29 is 9.53 Å². The lowest BCUT2D eigenvalue weighted by atomic mass is 10.1. The third-order valence-electron chi connectivity index (χ3n) is 3.37. The van der Waals surface area contributed by atoms with Crippen molar-refractivity contribution in [2.75, 3.05) is 7.11 Å². The molecular weight excluding hydrogens is 240 g/mol. The van der Waals surface area contributed by atoms with E-state index in [1.165, 1.54) is 0 Å². The van der Waals surface area contributed by atoms with Crippen LogP contribution in [-0.4, -0.2) is 22.9 Å². The van der Waals surface area contributed by atoms with Gasteiger partial charge in [-0.15, -0.1) is 0 Å². The van der Waals surface area contributed by atoms with Crippen LogP contribution in [0.15, 0.2) is 30.5 Å². The molecule has 0 amide bonds. The van der Waals surface area contributed by atoms with Gasteiger partial charge < -0.3 is 9.30 Å². The Balaban J connectivity index is 2.59. The number of nitrogens with zero attached hydrogens (tertiary/aromatic N) is 2. The molecule has 0 radical (unpaired) electrons. The summed E-state index contributed by atoms with van der Waals surface area (Å²) in [6, 6.07) is 8.07. The maximum atomic E-state index is 11.2. The molecule has 4 heteroatoms. The summed E-state index contributed by atoms with van der Waals surface area (Å²) >= 11 is 0. The maximum Gasteiger partial charge on any atom is 0.170 e. The molecule has 3 rings (SSSR count). The molecule has 1 aromatic carbocycles. The van der Waals surface area contributed by atoms with Gasteiger partial charge in [0.15, 0.2) is 6.29 Å². The molecule has 4 nitrogen and oxygen atoms in total. The van der Waals surface area contributed by atoms with Gasteiger partial charge in [-0.25, -0.2) is 0 Å². The van der Waals surface area contributed by atoms with E-state index < -0.39 is 0 Å². The number of aldehydes is 1. The summed E-state index contributed by atoms with van der Waals surface area (Å²) in [5.74, 6) is 0. The SMILES string of the molecule is COCn1c2ccccc2c2c(C)cnc(C=O)c21. The Kier molecular flexibility index (Phi) is 2.80. The number of rotatable bonds is 3. The van der Waals surface area contributed by atoms with Gasteiger partial charge in [-0.1, -0.05) is 18.2 Å². The molecule has 96 valence electrons. The second-order valence-electron chi connectivity index (χ2n) is 4.53. The fourth-order valence-electron chi connectivity index (χ4n) is 2.61. The van der Waals surface area contributed by atoms with Gasteiger partial charge in [-0.3, -0.25) is 9.78 Å². The largest absolute Gasteiger partial charge is 0.364 e. The van der Waals surface area contributed by atoms with Crippen molar-refractivity contribution in [2.24, 2.45) is 0 Å². The highest BCUT2D eigenvalue weighted by Crippen LogP contribution is 2.32. The second kappa shape index (κ2) is 4.48. The highest BCUT2D eigenvalue weighted by atomic mass is 16.5. The van der Waals surface area contributed by atoms with Crippen LogP contribution in [0, 0.1) is 6.92 Å². The number of para-hydroxylation sites is 1. The normalized spacial score (nSPS) is 11.3. The lowest BCUT2D eigenvalue weighted by Crippen LogP contribution is -2.02. The second-order valence-corrected chi connectivity index (χ2v) is 4.53. The number of methoxy groups -OCH3 is 1. The van der Waals surface area contributed by atoms with Crippen LogP contribution in [0.3, 0.4) is 0 Å². The maximum absolute atomic E-state index is 11.2. The van der Waals surface area contributed by atoms with Crippen LogP contribution >= 0.6 is 0 Å². The third kappa shape index (κ3) is 1.64. The molecule has 0 aliphatic rings. The third-order valence-corrected chi connectivity index (χ3v) is 3.37. The molecule has 0 N–H and O–H groups in total. The van der Waals surface area contributed by atoms with Gasteiger partial charge in [0.1, 0.15) is 12.4 Å². The molecule has 0 spiro atoms. The monoisotopic (exact) mass is 254 g/mol. The van der Waals surface area contributed by atoms with Crippen LogP contribution in [0.4, 0.5) is 0 Å². The van der Waals surface area contributed by atoms with E-state index in [1.54, 1.807) is 13.3 Å². The molecule has 0 fully saturated rings. The minimum atomic E-state index is 0.399. The van der Waals surface area contributed by atoms with Gasteiger partial charge in [0.2, 0.25) is 0 Å². The predicted octanol–water partition coefficient (Wildman–Crippen LogP) is 2.91. The van der Waals surface area contributed by atoms with E-state index in [1.807, 2.05) is 29.7 Å². The molecule has 0 atom stereocenters. The summed E-state index contributed by atoms with van der Waals surface area (Å²) in [6.45, 7) is 2.41. The molecule has 0 bridgehead atoms. The number of aryl methyl sites for hydroxylation is 1. The van der Waals surface area contributed by atoms with Crippen LogP contribution in [0.2, 0.25) is 0 Å². The topological polar surface area (TPSA) is 44.1 Å². The molecule has 0 aliphatic heterocycles. The molecule has 2 heterocycles. The number of carbonyl (C=O) groups excluding carboxylic acids is 1. The number of ether oxygens (including phenoxy) is 1. The Morgan fingerprint density at radius 3 is 2.89 bits per heavy atom. The zero-order valence-corrected chi connectivity index (χ0v) is 10.9. The average Bonchev–Trinajstić information content (AvgIpc) is 2.76. The van der Waals surface area contributed by atoms with Crippen molar-refractivity contribution >= 4 is 28.1 Å². The van der Waals surface area contributed by atoms with Crippen LogP contribution in [0.1, 0.15) is 16.1 Å². The summed E-state index contributed by atoms with van der Waals surface area (Å²) in [4.78, 5) is 15.5. The highest BCUT2D eigenvalue weighted by Gasteiger charge is 2.15. The minimum Gasteiger partial charge on any atom is -0.364 e. The smallest absolute Gasteiger partial charge is 0.170 e. The summed E-state index contributed by atoms with van der Waals surface area (Å²) in [6.07, 6.45) is 2.54. The van der Waals surface area contributed by atoms with Crippen molar-refractivity contribution in [2.45, 2.75) is 13.7 Å². The van der Waals surface area contributed by atoms with Crippen molar-refractivity contribution in [1.29, 1.82) is 0 Å².